The molecule has 1 aliphatic rings. The van der Waals surface area contributed by atoms with Gasteiger partial charge < -0.3 is 10.4 Å². The highest BCUT2D eigenvalue weighted by Gasteiger charge is 2.37. The summed E-state index contributed by atoms with van der Waals surface area (Å²) in [5, 5.41) is 11.3. The van der Waals surface area contributed by atoms with Crippen molar-refractivity contribution in [1.29, 1.82) is 0 Å². The van der Waals surface area contributed by atoms with E-state index in [9.17, 15) is 9.59 Å². The van der Waals surface area contributed by atoms with Crippen LogP contribution in [0.4, 0.5) is 0 Å². The molecule has 1 saturated heterocycles. The number of carbonyl (C=O) groups is 2. The van der Waals surface area contributed by atoms with E-state index in [4.69, 9.17) is 5.11 Å². The van der Waals surface area contributed by atoms with E-state index in [0.29, 0.717) is 12.3 Å². The van der Waals surface area contributed by atoms with E-state index in [1.54, 1.807) is 0 Å². The van der Waals surface area contributed by atoms with Crippen molar-refractivity contribution in [3.05, 3.63) is 0 Å². The van der Waals surface area contributed by atoms with Crippen LogP contribution in [-0.4, -0.2) is 23.0 Å². The van der Waals surface area contributed by atoms with Gasteiger partial charge in [0.05, 0.1) is 0 Å². The van der Waals surface area contributed by atoms with E-state index in [1.807, 2.05) is 13.8 Å². The average molecular weight is 185 g/mol. The molecule has 1 heterocycles. The van der Waals surface area contributed by atoms with Crippen molar-refractivity contribution in [3.63, 3.8) is 0 Å². The van der Waals surface area contributed by atoms with Crippen LogP contribution in [0.2, 0.25) is 0 Å². The fourth-order valence-corrected chi connectivity index (χ4v) is 1.79. The first kappa shape index (κ1) is 10.0. The van der Waals surface area contributed by atoms with Crippen LogP contribution >= 0.6 is 0 Å². The highest BCUT2D eigenvalue weighted by atomic mass is 16.4. The predicted octanol–water partition coefficient (Wildman–Crippen LogP) is 0.622. The molecule has 0 aliphatic carbocycles. The first-order valence-corrected chi connectivity index (χ1v) is 4.53. The van der Waals surface area contributed by atoms with Gasteiger partial charge in [-0.2, -0.15) is 0 Å². The van der Waals surface area contributed by atoms with E-state index in [0.717, 1.165) is 6.42 Å². The van der Waals surface area contributed by atoms with Crippen molar-refractivity contribution >= 4 is 11.9 Å². The Bertz CT molecular complexity index is 225. The molecule has 0 spiro atoms. The largest absolute Gasteiger partial charge is 0.480 e. The van der Waals surface area contributed by atoms with Crippen LogP contribution in [0.3, 0.4) is 0 Å². The Balaban J connectivity index is 2.60. The summed E-state index contributed by atoms with van der Waals surface area (Å²) in [7, 11) is 0. The molecule has 1 amide bonds. The van der Waals surface area contributed by atoms with E-state index < -0.39 is 12.0 Å². The summed E-state index contributed by atoms with van der Waals surface area (Å²) >= 11 is 0. The van der Waals surface area contributed by atoms with Crippen LogP contribution in [0.15, 0.2) is 0 Å². The van der Waals surface area contributed by atoms with Crippen LogP contribution < -0.4 is 5.32 Å². The van der Waals surface area contributed by atoms with Gasteiger partial charge >= 0.3 is 5.97 Å². The van der Waals surface area contributed by atoms with Crippen molar-refractivity contribution in [2.75, 3.05) is 0 Å². The molecular formula is C9H15NO3. The minimum atomic E-state index is -0.920. The molecule has 4 nitrogen and oxygen atoms in total. The molecular weight excluding hydrogens is 170 g/mol. The monoisotopic (exact) mass is 185 g/mol. The van der Waals surface area contributed by atoms with Crippen molar-refractivity contribution in [2.24, 2.45) is 11.8 Å². The highest BCUT2D eigenvalue weighted by molar-refractivity contribution is 5.87. The van der Waals surface area contributed by atoms with Crippen molar-refractivity contribution in [2.45, 2.75) is 32.7 Å². The number of aliphatic carboxylic acids is 1. The van der Waals surface area contributed by atoms with E-state index >= 15 is 0 Å². The Morgan fingerprint density at radius 2 is 2.31 bits per heavy atom. The average Bonchev–Trinajstić information content (AvgIpc) is 2.29. The molecule has 13 heavy (non-hydrogen) atoms. The standard InChI is InChI=1S/C9H15NO3/c1-5(2)3-6-4-7(11)10-8(6)9(12)13/h5-6,8H,3-4H2,1-2H3,(H,10,11)(H,12,13)/t6-,8+/m0/s1. The third-order valence-electron chi connectivity index (χ3n) is 2.28. The zero-order valence-corrected chi connectivity index (χ0v) is 7.91. The number of hydrogen-bond donors (Lipinski definition) is 2. The summed E-state index contributed by atoms with van der Waals surface area (Å²) in [6.45, 7) is 4.06. The summed E-state index contributed by atoms with van der Waals surface area (Å²) in [4.78, 5) is 21.7. The van der Waals surface area contributed by atoms with Gasteiger partial charge in [-0.05, 0) is 18.3 Å². The topological polar surface area (TPSA) is 66.4 Å². The molecule has 74 valence electrons. The molecule has 0 aromatic rings. The number of rotatable bonds is 3. The van der Waals surface area contributed by atoms with Crippen molar-refractivity contribution < 1.29 is 14.7 Å². The van der Waals surface area contributed by atoms with Crippen LogP contribution in [-0.2, 0) is 9.59 Å². The normalized spacial score (nSPS) is 27.8. The van der Waals surface area contributed by atoms with Gasteiger partial charge in [0, 0.05) is 6.42 Å². The van der Waals surface area contributed by atoms with E-state index in [2.05, 4.69) is 5.32 Å². The zero-order valence-electron chi connectivity index (χ0n) is 7.91. The first-order valence-electron chi connectivity index (χ1n) is 4.53. The Hall–Kier alpha value is -1.06. The molecule has 2 atom stereocenters. The quantitative estimate of drug-likeness (QED) is 0.677. The van der Waals surface area contributed by atoms with Gasteiger partial charge in [0.15, 0.2) is 0 Å². The Labute approximate surface area is 77.3 Å². The minimum absolute atomic E-state index is 0.0370. The molecule has 0 radical (unpaired) electrons. The lowest BCUT2D eigenvalue weighted by Crippen LogP contribution is -2.37. The maximum Gasteiger partial charge on any atom is 0.326 e. The molecule has 1 rings (SSSR count). The first-order chi connectivity index (χ1) is 6.00. The zero-order chi connectivity index (χ0) is 10.0. The van der Waals surface area contributed by atoms with Gasteiger partial charge in [0.2, 0.25) is 5.91 Å². The molecule has 0 unspecified atom stereocenters. The number of hydrogen-bond acceptors (Lipinski definition) is 2. The Kier molecular flexibility index (Phi) is 2.90. The van der Waals surface area contributed by atoms with Gasteiger partial charge in [-0.25, -0.2) is 4.79 Å². The maximum absolute atomic E-state index is 11.0. The second-order valence-electron chi connectivity index (χ2n) is 3.98. The number of amides is 1. The summed E-state index contributed by atoms with van der Waals surface area (Å²) in [6, 6.07) is -0.671. The second-order valence-corrected chi connectivity index (χ2v) is 3.98. The SMILES string of the molecule is CC(C)C[C@H]1CC(=O)N[C@H]1C(=O)O. The fourth-order valence-electron chi connectivity index (χ4n) is 1.79. The molecule has 0 saturated carbocycles. The molecule has 0 aromatic carbocycles. The van der Waals surface area contributed by atoms with Crippen LogP contribution in [0.5, 0.6) is 0 Å². The summed E-state index contributed by atoms with van der Waals surface area (Å²) in [5.41, 5.74) is 0. The van der Waals surface area contributed by atoms with Crippen LogP contribution in [0.25, 0.3) is 0 Å². The van der Waals surface area contributed by atoms with Crippen LogP contribution in [0, 0.1) is 11.8 Å². The lowest BCUT2D eigenvalue weighted by atomic mass is 9.91. The third kappa shape index (κ3) is 2.44. The predicted molar refractivity (Wildman–Crippen MR) is 47.1 cm³/mol. The van der Waals surface area contributed by atoms with Gasteiger partial charge in [0.25, 0.3) is 0 Å². The summed E-state index contributed by atoms with van der Waals surface area (Å²) in [5.74, 6) is -0.667. The number of carboxylic acid groups (broad SMARTS) is 1. The van der Waals surface area contributed by atoms with Gasteiger partial charge in [-0.1, -0.05) is 13.8 Å². The van der Waals surface area contributed by atoms with E-state index in [1.165, 1.54) is 0 Å². The lowest BCUT2D eigenvalue weighted by Gasteiger charge is -2.16. The van der Waals surface area contributed by atoms with Gasteiger partial charge in [-0.3, -0.25) is 4.79 Å². The highest BCUT2D eigenvalue weighted by Crippen LogP contribution is 2.24. The van der Waals surface area contributed by atoms with Crippen molar-refractivity contribution in [3.8, 4) is 0 Å². The summed E-state index contributed by atoms with van der Waals surface area (Å²) < 4.78 is 0. The minimum Gasteiger partial charge on any atom is -0.480 e. The van der Waals surface area contributed by atoms with E-state index in [-0.39, 0.29) is 11.8 Å². The fraction of sp³-hybridized carbons (Fsp3) is 0.778. The Morgan fingerprint density at radius 1 is 1.69 bits per heavy atom. The second kappa shape index (κ2) is 3.77. The number of nitrogens with one attached hydrogen (secondary N) is 1. The molecule has 4 heteroatoms. The molecule has 0 bridgehead atoms. The number of carbonyl (C=O) groups excluding carboxylic acids is 1. The van der Waals surface area contributed by atoms with Gasteiger partial charge in [-0.15, -0.1) is 0 Å². The maximum atomic E-state index is 11.0. The van der Waals surface area contributed by atoms with Gasteiger partial charge in [0.1, 0.15) is 6.04 Å². The summed E-state index contributed by atoms with van der Waals surface area (Å²) in [6.07, 6.45) is 1.14. The number of carboxylic acids is 1. The van der Waals surface area contributed by atoms with Crippen LogP contribution in [0.1, 0.15) is 26.7 Å². The van der Waals surface area contributed by atoms with Crippen molar-refractivity contribution in [1.82, 2.24) is 5.32 Å². The molecule has 0 aromatic heterocycles. The lowest BCUT2D eigenvalue weighted by molar-refractivity contribution is -0.141. The Morgan fingerprint density at radius 3 is 2.77 bits per heavy atom. The third-order valence-corrected chi connectivity index (χ3v) is 2.28. The molecule has 1 fully saturated rings. The molecule has 1 aliphatic heterocycles. The molecule has 2 N–H and O–H groups in total. The smallest absolute Gasteiger partial charge is 0.326 e.